The van der Waals surface area contributed by atoms with Gasteiger partial charge in [-0.3, -0.25) is 0 Å². The SMILES string of the molecule is CC(COc1ccc(F)cc1F)NC(=O)NC(C)c1cc2ccccc2o1. The van der Waals surface area contributed by atoms with Gasteiger partial charge in [-0.2, -0.15) is 0 Å². The number of furan rings is 1. The Bertz CT molecular complexity index is 909. The van der Waals surface area contributed by atoms with Crippen molar-refractivity contribution in [3.8, 4) is 5.75 Å². The fourth-order valence-corrected chi connectivity index (χ4v) is 2.60. The lowest BCUT2D eigenvalue weighted by atomic mass is 10.2. The molecule has 0 bridgehead atoms. The fraction of sp³-hybridized carbons (Fsp3) is 0.250. The Morgan fingerprint density at radius 3 is 2.63 bits per heavy atom. The third-order valence-electron chi connectivity index (χ3n) is 3.98. The summed E-state index contributed by atoms with van der Waals surface area (Å²) in [6, 6.07) is 11.4. The summed E-state index contributed by atoms with van der Waals surface area (Å²) in [5.74, 6) is -0.889. The minimum Gasteiger partial charge on any atom is -0.488 e. The van der Waals surface area contributed by atoms with E-state index in [1.165, 1.54) is 6.07 Å². The van der Waals surface area contributed by atoms with Crippen molar-refractivity contribution >= 4 is 17.0 Å². The number of amides is 2. The molecule has 0 aliphatic rings. The highest BCUT2D eigenvalue weighted by Gasteiger charge is 2.16. The largest absolute Gasteiger partial charge is 0.488 e. The third-order valence-corrected chi connectivity index (χ3v) is 3.98. The van der Waals surface area contributed by atoms with E-state index in [4.69, 9.17) is 9.15 Å². The molecule has 0 aliphatic heterocycles. The van der Waals surface area contributed by atoms with E-state index in [-0.39, 0.29) is 18.4 Å². The summed E-state index contributed by atoms with van der Waals surface area (Å²) in [7, 11) is 0. The third kappa shape index (κ3) is 4.75. The predicted octanol–water partition coefficient (Wildman–Crippen LogP) is 4.54. The van der Waals surface area contributed by atoms with Crippen molar-refractivity contribution in [2.45, 2.75) is 25.9 Å². The summed E-state index contributed by atoms with van der Waals surface area (Å²) in [6.07, 6.45) is 0. The lowest BCUT2D eigenvalue weighted by molar-refractivity contribution is 0.220. The first kappa shape index (κ1) is 18.7. The number of carbonyl (C=O) groups is 1. The molecule has 0 spiro atoms. The molecule has 142 valence electrons. The van der Waals surface area contributed by atoms with Gasteiger partial charge in [0.2, 0.25) is 0 Å². The highest BCUT2D eigenvalue weighted by atomic mass is 19.1. The first-order chi connectivity index (χ1) is 12.9. The molecule has 2 amide bonds. The second kappa shape index (κ2) is 8.07. The lowest BCUT2D eigenvalue weighted by Gasteiger charge is -2.18. The van der Waals surface area contributed by atoms with Gasteiger partial charge in [0.05, 0.1) is 12.1 Å². The van der Waals surface area contributed by atoms with Crippen molar-refractivity contribution in [2.75, 3.05) is 6.61 Å². The van der Waals surface area contributed by atoms with Crippen LogP contribution in [0.4, 0.5) is 13.6 Å². The first-order valence-corrected chi connectivity index (χ1v) is 8.55. The van der Waals surface area contributed by atoms with E-state index >= 15 is 0 Å². The Balaban J connectivity index is 1.50. The van der Waals surface area contributed by atoms with Gasteiger partial charge in [0, 0.05) is 11.5 Å². The molecular weight excluding hydrogens is 354 g/mol. The minimum absolute atomic E-state index is 0.0367. The second-order valence-corrected chi connectivity index (χ2v) is 6.31. The molecule has 3 aromatic rings. The van der Waals surface area contributed by atoms with E-state index in [1.54, 1.807) is 6.92 Å². The quantitative estimate of drug-likeness (QED) is 0.666. The second-order valence-electron chi connectivity index (χ2n) is 6.31. The summed E-state index contributed by atoms with van der Waals surface area (Å²) in [6.45, 7) is 3.56. The molecule has 2 atom stereocenters. The smallest absolute Gasteiger partial charge is 0.315 e. The van der Waals surface area contributed by atoms with E-state index in [0.717, 1.165) is 23.1 Å². The average Bonchev–Trinajstić information content (AvgIpc) is 3.05. The van der Waals surface area contributed by atoms with Crippen molar-refractivity contribution in [3.05, 3.63) is 65.9 Å². The van der Waals surface area contributed by atoms with Crippen molar-refractivity contribution in [3.63, 3.8) is 0 Å². The van der Waals surface area contributed by atoms with Crippen LogP contribution in [0.3, 0.4) is 0 Å². The van der Waals surface area contributed by atoms with Crippen LogP contribution in [0.15, 0.2) is 52.9 Å². The van der Waals surface area contributed by atoms with Gasteiger partial charge in [-0.25, -0.2) is 13.6 Å². The number of hydrogen-bond acceptors (Lipinski definition) is 3. The van der Waals surface area contributed by atoms with Crippen molar-refractivity contribution < 1.29 is 22.7 Å². The van der Waals surface area contributed by atoms with Crippen LogP contribution < -0.4 is 15.4 Å². The summed E-state index contributed by atoms with van der Waals surface area (Å²) in [5, 5.41) is 6.45. The lowest BCUT2D eigenvalue weighted by Crippen LogP contribution is -2.44. The fourth-order valence-electron chi connectivity index (χ4n) is 2.60. The molecule has 27 heavy (non-hydrogen) atoms. The number of hydrogen-bond donors (Lipinski definition) is 2. The zero-order chi connectivity index (χ0) is 19.4. The highest BCUT2D eigenvalue weighted by molar-refractivity contribution is 5.78. The molecule has 0 saturated carbocycles. The summed E-state index contributed by atoms with van der Waals surface area (Å²) >= 11 is 0. The Labute approximate surface area is 155 Å². The normalized spacial score (nSPS) is 13.2. The predicted molar refractivity (Wildman–Crippen MR) is 97.6 cm³/mol. The number of carbonyl (C=O) groups excluding carboxylic acids is 1. The van der Waals surface area contributed by atoms with Crippen molar-refractivity contribution in [2.24, 2.45) is 0 Å². The monoisotopic (exact) mass is 374 g/mol. The maximum Gasteiger partial charge on any atom is 0.315 e. The Morgan fingerprint density at radius 2 is 1.89 bits per heavy atom. The van der Waals surface area contributed by atoms with Gasteiger partial charge in [0.1, 0.15) is 23.8 Å². The van der Waals surface area contributed by atoms with Crippen LogP contribution in [0, 0.1) is 11.6 Å². The van der Waals surface area contributed by atoms with Crippen LogP contribution in [-0.2, 0) is 0 Å². The van der Waals surface area contributed by atoms with E-state index in [9.17, 15) is 13.6 Å². The van der Waals surface area contributed by atoms with Crippen molar-refractivity contribution in [1.82, 2.24) is 10.6 Å². The molecule has 2 N–H and O–H groups in total. The molecule has 1 heterocycles. The number of rotatable bonds is 6. The topological polar surface area (TPSA) is 63.5 Å². The van der Waals surface area contributed by atoms with Crippen molar-refractivity contribution in [1.29, 1.82) is 0 Å². The van der Waals surface area contributed by atoms with Gasteiger partial charge in [0.15, 0.2) is 11.6 Å². The van der Waals surface area contributed by atoms with Gasteiger partial charge in [0.25, 0.3) is 0 Å². The number of ether oxygens (including phenoxy) is 1. The van der Waals surface area contributed by atoms with Crippen LogP contribution in [-0.4, -0.2) is 18.7 Å². The summed E-state index contributed by atoms with van der Waals surface area (Å²) < 4.78 is 37.4. The molecule has 7 heteroatoms. The van der Waals surface area contributed by atoms with Crippen LogP contribution in [0.25, 0.3) is 11.0 Å². The van der Waals surface area contributed by atoms with Gasteiger partial charge < -0.3 is 19.8 Å². The summed E-state index contributed by atoms with van der Waals surface area (Å²) in [5.41, 5.74) is 0.754. The van der Waals surface area contributed by atoms with Gasteiger partial charge >= 0.3 is 6.03 Å². The summed E-state index contributed by atoms with van der Waals surface area (Å²) in [4.78, 5) is 12.1. The average molecular weight is 374 g/mol. The number of urea groups is 1. The molecule has 0 fully saturated rings. The first-order valence-electron chi connectivity index (χ1n) is 8.55. The molecular formula is C20H20F2N2O3. The molecule has 0 radical (unpaired) electrons. The molecule has 0 aliphatic carbocycles. The Hall–Kier alpha value is -3.09. The molecule has 5 nitrogen and oxygen atoms in total. The number of nitrogens with one attached hydrogen (secondary N) is 2. The van der Waals surface area contributed by atoms with Gasteiger partial charge in [-0.1, -0.05) is 18.2 Å². The highest BCUT2D eigenvalue weighted by Crippen LogP contribution is 2.23. The maximum absolute atomic E-state index is 13.5. The number of benzene rings is 2. The van der Waals surface area contributed by atoms with E-state index < -0.39 is 23.7 Å². The van der Waals surface area contributed by atoms with E-state index in [1.807, 2.05) is 37.3 Å². The zero-order valence-electron chi connectivity index (χ0n) is 15.0. The molecule has 3 rings (SSSR count). The van der Waals surface area contributed by atoms with Gasteiger partial charge in [-0.05, 0) is 38.1 Å². The Kier molecular flexibility index (Phi) is 5.59. The number of para-hydroxylation sites is 1. The van der Waals surface area contributed by atoms with Crippen LogP contribution in [0.2, 0.25) is 0 Å². The molecule has 2 unspecified atom stereocenters. The van der Waals surface area contributed by atoms with Crippen LogP contribution in [0.1, 0.15) is 25.6 Å². The molecule has 0 saturated heterocycles. The van der Waals surface area contributed by atoms with Crippen LogP contribution >= 0.6 is 0 Å². The number of halogens is 2. The maximum atomic E-state index is 13.5. The molecule has 1 aromatic heterocycles. The van der Waals surface area contributed by atoms with Gasteiger partial charge in [-0.15, -0.1) is 0 Å². The van der Waals surface area contributed by atoms with E-state index in [2.05, 4.69) is 10.6 Å². The van der Waals surface area contributed by atoms with Crippen LogP contribution in [0.5, 0.6) is 5.75 Å². The molecule has 2 aromatic carbocycles. The standard InChI is InChI=1S/C20H20F2N2O3/c1-12(11-26-18-8-7-15(21)10-16(18)22)23-20(25)24-13(2)19-9-14-5-3-4-6-17(14)27-19/h3-10,12-13H,11H2,1-2H3,(H2,23,24,25). The minimum atomic E-state index is -0.787. The van der Waals surface area contributed by atoms with E-state index in [0.29, 0.717) is 5.76 Å². The number of fused-ring (bicyclic) bond motifs is 1. The zero-order valence-corrected chi connectivity index (χ0v) is 15.0. The Morgan fingerprint density at radius 1 is 1.11 bits per heavy atom.